The predicted molar refractivity (Wildman–Crippen MR) is 112 cm³/mol. The van der Waals surface area contributed by atoms with Crippen LogP contribution in [0.4, 0.5) is 5.69 Å². The van der Waals surface area contributed by atoms with Crippen LogP contribution < -0.4 is 10.6 Å². The van der Waals surface area contributed by atoms with Crippen LogP contribution in [0.2, 0.25) is 0 Å². The summed E-state index contributed by atoms with van der Waals surface area (Å²) in [5, 5.41) is 15.0. The summed E-state index contributed by atoms with van der Waals surface area (Å²) in [6, 6.07) is 9.83. The van der Waals surface area contributed by atoms with Gasteiger partial charge in [-0.05, 0) is 36.4 Å². The Bertz CT molecular complexity index is 933. The topological polar surface area (TPSA) is 99.8 Å². The standard InChI is InChI=1S/C19H21N5O2S2/c1-12-5-3-6-13(2)18(12)22-16(25)10-20-17(26)11-28-19-21-15(23-24-19)9-14-7-4-8-27-14/h3-8H,9-11H2,1-2H3,(H,20,26)(H,22,25)(H,21,23,24). The van der Waals surface area contributed by atoms with Crippen molar-refractivity contribution in [1.29, 1.82) is 0 Å². The van der Waals surface area contributed by atoms with Crippen molar-refractivity contribution in [2.75, 3.05) is 17.6 Å². The fraction of sp³-hybridized carbons (Fsp3) is 0.263. The molecule has 146 valence electrons. The number of nitrogens with zero attached hydrogens (tertiary/aromatic N) is 2. The Morgan fingerprint density at radius 1 is 1.14 bits per heavy atom. The van der Waals surface area contributed by atoms with Gasteiger partial charge in [-0.3, -0.25) is 14.7 Å². The molecule has 0 saturated heterocycles. The molecule has 3 rings (SSSR count). The van der Waals surface area contributed by atoms with E-state index in [0.717, 1.165) is 22.6 Å². The van der Waals surface area contributed by atoms with Crippen LogP contribution in [0, 0.1) is 13.8 Å². The predicted octanol–water partition coefficient (Wildman–Crippen LogP) is 2.92. The highest BCUT2D eigenvalue weighted by Gasteiger charge is 2.11. The molecule has 2 aromatic heterocycles. The Morgan fingerprint density at radius 3 is 2.64 bits per heavy atom. The van der Waals surface area contributed by atoms with Gasteiger partial charge in [-0.15, -0.1) is 16.4 Å². The number of amides is 2. The van der Waals surface area contributed by atoms with Crippen molar-refractivity contribution in [1.82, 2.24) is 20.5 Å². The van der Waals surface area contributed by atoms with E-state index in [-0.39, 0.29) is 24.1 Å². The molecule has 2 heterocycles. The highest BCUT2D eigenvalue weighted by molar-refractivity contribution is 7.99. The number of benzene rings is 1. The molecule has 0 aliphatic carbocycles. The number of aryl methyl sites for hydroxylation is 2. The number of nitrogens with one attached hydrogen (secondary N) is 3. The van der Waals surface area contributed by atoms with Crippen molar-refractivity contribution >= 4 is 40.6 Å². The summed E-state index contributed by atoms with van der Waals surface area (Å²) in [4.78, 5) is 29.6. The molecule has 28 heavy (non-hydrogen) atoms. The molecule has 0 radical (unpaired) electrons. The summed E-state index contributed by atoms with van der Waals surface area (Å²) in [7, 11) is 0. The normalized spacial score (nSPS) is 10.6. The molecule has 0 spiro atoms. The van der Waals surface area contributed by atoms with E-state index in [1.165, 1.54) is 16.6 Å². The van der Waals surface area contributed by atoms with Crippen molar-refractivity contribution in [3.05, 3.63) is 57.5 Å². The Hall–Kier alpha value is -2.65. The maximum absolute atomic E-state index is 12.1. The number of hydrogen-bond acceptors (Lipinski definition) is 6. The van der Waals surface area contributed by atoms with Crippen LogP contribution in [0.1, 0.15) is 21.8 Å². The molecule has 9 heteroatoms. The molecule has 0 bridgehead atoms. The van der Waals surface area contributed by atoms with E-state index in [1.807, 2.05) is 49.6 Å². The summed E-state index contributed by atoms with van der Waals surface area (Å²) in [5.41, 5.74) is 2.76. The molecule has 3 aromatic rings. The summed E-state index contributed by atoms with van der Waals surface area (Å²) in [5.74, 6) is 0.406. The van der Waals surface area contributed by atoms with Crippen LogP contribution >= 0.6 is 23.1 Å². The molecule has 0 aliphatic heterocycles. The number of carbonyl (C=O) groups is 2. The molecule has 2 amide bonds. The van der Waals surface area contributed by atoms with Gasteiger partial charge >= 0.3 is 0 Å². The molecule has 7 nitrogen and oxygen atoms in total. The first-order valence-electron chi connectivity index (χ1n) is 8.70. The van der Waals surface area contributed by atoms with Gasteiger partial charge in [0.2, 0.25) is 17.0 Å². The first kappa shape index (κ1) is 20.1. The van der Waals surface area contributed by atoms with E-state index in [9.17, 15) is 9.59 Å². The average Bonchev–Trinajstić information content (AvgIpc) is 3.34. The molecule has 0 fully saturated rings. The average molecular weight is 416 g/mol. The Morgan fingerprint density at radius 2 is 1.93 bits per heavy atom. The molecule has 0 atom stereocenters. The number of rotatable bonds is 8. The maximum Gasteiger partial charge on any atom is 0.243 e. The first-order valence-corrected chi connectivity index (χ1v) is 10.6. The van der Waals surface area contributed by atoms with Gasteiger partial charge in [0, 0.05) is 17.0 Å². The minimum absolute atomic E-state index is 0.0786. The van der Waals surface area contributed by atoms with Crippen LogP contribution in [-0.2, 0) is 16.0 Å². The largest absolute Gasteiger partial charge is 0.346 e. The van der Waals surface area contributed by atoms with E-state index in [0.29, 0.717) is 11.6 Å². The third-order valence-electron chi connectivity index (χ3n) is 3.96. The third kappa shape index (κ3) is 5.67. The van der Waals surface area contributed by atoms with Gasteiger partial charge in [0.25, 0.3) is 0 Å². The van der Waals surface area contributed by atoms with Gasteiger partial charge in [-0.2, -0.15) is 0 Å². The Balaban J connectivity index is 1.41. The Labute approximate surface area is 171 Å². The van der Waals surface area contributed by atoms with Gasteiger partial charge in [0.1, 0.15) is 5.82 Å². The van der Waals surface area contributed by atoms with Crippen LogP contribution in [0.3, 0.4) is 0 Å². The quantitative estimate of drug-likeness (QED) is 0.491. The molecule has 3 N–H and O–H groups in total. The second-order valence-corrected chi connectivity index (χ2v) is 8.18. The Kier molecular flexibility index (Phi) is 6.83. The zero-order valence-electron chi connectivity index (χ0n) is 15.6. The van der Waals surface area contributed by atoms with Gasteiger partial charge < -0.3 is 10.6 Å². The maximum atomic E-state index is 12.1. The van der Waals surface area contributed by atoms with E-state index >= 15 is 0 Å². The van der Waals surface area contributed by atoms with Crippen molar-refractivity contribution in [2.24, 2.45) is 0 Å². The van der Waals surface area contributed by atoms with E-state index in [2.05, 4.69) is 25.8 Å². The van der Waals surface area contributed by atoms with Gasteiger partial charge in [-0.25, -0.2) is 4.98 Å². The molecular formula is C19H21N5O2S2. The number of para-hydroxylation sites is 1. The molecule has 0 saturated carbocycles. The van der Waals surface area contributed by atoms with E-state index in [1.54, 1.807) is 11.3 Å². The SMILES string of the molecule is Cc1cccc(C)c1NC(=O)CNC(=O)CSc1n[nH]c(Cc2cccs2)n1. The zero-order chi connectivity index (χ0) is 19.9. The number of aromatic nitrogens is 3. The lowest BCUT2D eigenvalue weighted by molar-refractivity contribution is -0.122. The van der Waals surface area contributed by atoms with Crippen molar-refractivity contribution < 1.29 is 9.59 Å². The fourth-order valence-electron chi connectivity index (χ4n) is 2.55. The van der Waals surface area contributed by atoms with Crippen LogP contribution in [0.5, 0.6) is 0 Å². The lowest BCUT2D eigenvalue weighted by atomic mass is 10.1. The van der Waals surface area contributed by atoms with Gasteiger partial charge in [-0.1, -0.05) is 36.0 Å². The number of thioether (sulfide) groups is 1. The minimum Gasteiger partial charge on any atom is -0.346 e. The van der Waals surface area contributed by atoms with E-state index in [4.69, 9.17) is 0 Å². The monoisotopic (exact) mass is 415 g/mol. The first-order chi connectivity index (χ1) is 13.5. The summed E-state index contributed by atoms with van der Waals surface area (Å²) >= 11 is 2.89. The van der Waals surface area contributed by atoms with Gasteiger partial charge in [0.05, 0.1) is 12.3 Å². The van der Waals surface area contributed by atoms with Crippen LogP contribution in [-0.4, -0.2) is 39.3 Å². The highest BCUT2D eigenvalue weighted by atomic mass is 32.2. The lowest BCUT2D eigenvalue weighted by Crippen LogP contribution is -2.34. The number of thiophene rings is 1. The summed E-state index contributed by atoms with van der Waals surface area (Å²) in [6.45, 7) is 3.79. The number of hydrogen-bond donors (Lipinski definition) is 3. The second kappa shape index (κ2) is 9.52. The number of anilines is 1. The smallest absolute Gasteiger partial charge is 0.243 e. The fourth-order valence-corrected chi connectivity index (χ4v) is 3.91. The third-order valence-corrected chi connectivity index (χ3v) is 5.68. The van der Waals surface area contributed by atoms with E-state index < -0.39 is 0 Å². The zero-order valence-corrected chi connectivity index (χ0v) is 17.2. The van der Waals surface area contributed by atoms with Crippen molar-refractivity contribution in [2.45, 2.75) is 25.4 Å². The van der Waals surface area contributed by atoms with Crippen LogP contribution in [0.25, 0.3) is 0 Å². The number of H-pyrrole nitrogens is 1. The second-order valence-electron chi connectivity index (χ2n) is 6.20. The summed E-state index contributed by atoms with van der Waals surface area (Å²) < 4.78 is 0. The van der Waals surface area contributed by atoms with Crippen molar-refractivity contribution in [3.8, 4) is 0 Å². The molecule has 1 aromatic carbocycles. The minimum atomic E-state index is -0.258. The molecule has 0 aliphatic rings. The number of carbonyl (C=O) groups excluding carboxylic acids is 2. The van der Waals surface area contributed by atoms with Gasteiger partial charge in [0.15, 0.2) is 0 Å². The molecule has 0 unspecified atom stereocenters. The summed E-state index contributed by atoms with van der Waals surface area (Å²) in [6.07, 6.45) is 0.690. The highest BCUT2D eigenvalue weighted by Crippen LogP contribution is 2.19. The van der Waals surface area contributed by atoms with Crippen molar-refractivity contribution in [3.63, 3.8) is 0 Å². The molecular weight excluding hydrogens is 394 g/mol. The number of aromatic amines is 1. The lowest BCUT2D eigenvalue weighted by Gasteiger charge is -2.11. The van der Waals surface area contributed by atoms with Crippen LogP contribution in [0.15, 0.2) is 40.9 Å².